The monoisotopic (exact) mass is 428 g/mol. The summed E-state index contributed by atoms with van der Waals surface area (Å²) in [5.74, 6) is 0.136. The van der Waals surface area contributed by atoms with Crippen LogP contribution < -0.4 is 10.7 Å². The van der Waals surface area contributed by atoms with Crippen molar-refractivity contribution in [1.82, 2.24) is 9.99 Å². The lowest BCUT2D eigenvalue weighted by atomic mass is 10.0. The lowest BCUT2D eigenvalue weighted by molar-refractivity contribution is 0.626. The maximum Gasteiger partial charge on any atom is 0.191 e. The minimum absolute atomic E-state index is 0.350. The Morgan fingerprint density at radius 1 is 1.21 bits per heavy atom. The molecule has 0 aliphatic carbocycles. The van der Waals surface area contributed by atoms with E-state index in [1.807, 2.05) is 35.0 Å². The molecular weight excluding hydrogens is 407 g/mol. The average Bonchev–Trinajstić information content (AvgIpc) is 3.11. The number of hydrazone groups is 1. The van der Waals surface area contributed by atoms with E-state index in [1.165, 1.54) is 17.7 Å². The van der Waals surface area contributed by atoms with Gasteiger partial charge in [0.25, 0.3) is 0 Å². The number of nitrogens with one attached hydrogen (secondary N) is 2. The number of benzene rings is 2. The van der Waals surface area contributed by atoms with Crippen LogP contribution >= 0.6 is 23.8 Å². The molecule has 0 aliphatic heterocycles. The van der Waals surface area contributed by atoms with Crippen molar-refractivity contribution in [3.63, 3.8) is 0 Å². The number of halogens is 2. The van der Waals surface area contributed by atoms with Crippen molar-refractivity contribution in [2.24, 2.45) is 5.10 Å². The van der Waals surface area contributed by atoms with E-state index in [9.17, 15) is 4.39 Å². The lowest BCUT2D eigenvalue weighted by Crippen LogP contribution is -2.24. The summed E-state index contributed by atoms with van der Waals surface area (Å²) in [6, 6.07) is 16.4. The predicted octanol–water partition coefficient (Wildman–Crippen LogP) is 5.77. The molecule has 0 amide bonds. The topological polar surface area (TPSA) is 41.4 Å². The van der Waals surface area contributed by atoms with E-state index < -0.39 is 0 Å². The van der Waals surface area contributed by atoms with Gasteiger partial charge in [-0.2, -0.15) is 5.10 Å². The van der Waals surface area contributed by atoms with Gasteiger partial charge < -0.3 is 9.88 Å². The van der Waals surface area contributed by atoms with Crippen LogP contribution in [0.3, 0.4) is 0 Å². The van der Waals surface area contributed by atoms with Crippen LogP contribution in [-0.4, -0.2) is 15.9 Å². The third kappa shape index (κ3) is 5.89. The lowest BCUT2D eigenvalue weighted by Gasteiger charge is -2.10. The molecule has 150 valence electrons. The summed E-state index contributed by atoms with van der Waals surface area (Å²) in [5, 5.41) is 8.10. The Kier molecular flexibility index (Phi) is 7.01. The molecule has 3 rings (SSSR count). The minimum atomic E-state index is -0.350. The summed E-state index contributed by atoms with van der Waals surface area (Å²) < 4.78 is 15.2. The fourth-order valence-electron chi connectivity index (χ4n) is 2.79. The molecule has 0 radical (unpaired) electrons. The highest BCUT2D eigenvalue weighted by atomic mass is 35.5. The SMILES string of the molecule is CC(C)c1ccc(NC(=S)NN=Cc2cccn2Cc2ccc(F)cc2Cl)cc1. The van der Waals surface area contributed by atoms with Crippen LogP contribution in [0.4, 0.5) is 10.1 Å². The zero-order valence-electron chi connectivity index (χ0n) is 16.2. The first kappa shape index (κ1) is 21.0. The molecule has 29 heavy (non-hydrogen) atoms. The number of hydrogen-bond donors (Lipinski definition) is 2. The van der Waals surface area contributed by atoms with Crippen molar-refractivity contribution < 1.29 is 4.39 Å². The van der Waals surface area contributed by atoms with Crippen LogP contribution in [0.2, 0.25) is 5.02 Å². The van der Waals surface area contributed by atoms with Gasteiger partial charge in [0, 0.05) is 23.5 Å². The van der Waals surface area contributed by atoms with E-state index in [-0.39, 0.29) is 5.82 Å². The summed E-state index contributed by atoms with van der Waals surface area (Å²) in [6.07, 6.45) is 3.58. The van der Waals surface area contributed by atoms with Gasteiger partial charge in [-0.25, -0.2) is 4.39 Å². The Hall–Kier alpha value is -2.70. The van der Waals surface area contributed by atoms with Gasteiger partial charge in [-0.1, -0.05) is 43.6 Å². The first-order valence-electron chi connectivity index (χ1n) is 9.21. The Morgan fingerprint density at radius 2 is 1.97 bits per heavy atom. The number of thiocarbonyl (C=S) groups is 1. The molecule has 4 nitrogen and oxygen atoms in total. The maximum absolute atomic E-state index is 13.2. The number of anilines is 1. The highest BCUT2D eigenvalue weighted by Gasteiger charge is 2.05. The van der Waals surface area contributed by atoms with E-state index in [2.05, 4.69) is 41.8 Å². The van der Waals surface area contributed by atoms with Crippen LogP contribution in [0.25, 0.3) is 0 Å². The molecule has 0 saturated heterocycles. The molecule has 2 aromatic carbocycles. The van der Waals surface area contributed by atoms with Crippen LogP contribution in [0.1, 0.15) is 36.6 Å². The van der Waals surface area contributed by atoms with Crippen molar-refractivity contribution >= 4 is 40.8 Å². The van der Waals surface area contributed by atoms with Gasteiger partial charge in [-0.3, -0.25) is 5.43 Å². The number of hydrogen-bond acceptors (Lipinski definition) is 2. The van der Waals surface area contributed by atoms with Crippen molar-refractivity contribution in [3.8, 4) is 0 Å². The summed E-state index contributed by atoms with van der Waals surface area (Å²) in [5.41, 5.74) is 6.68. The molecule has 7 heteroatoms. The third-order valence-electron chi connectivity index (χ3n) is 4.42. The highest BCUT2D eigenvalue weighted by Crippen LogP contribution is 2.19. The van der Waals surface area contributed by atoms with Crippen LogP contribution in [0.15, 0.2) is 65.9 Å². The molecule has 1 heterocycles. The standard InChI is InChI=1S/C22H22ClFN4S/c1-15(2)16-6-9-19(10-7-16)26-22(29)27-25-13-20-4-3-11-28(20)14-17-5-8-18(24)12-21(17)23/h3-13,15H,14H2,1-2H3,(H2,26,27,29). The summed E-state index contributed by atoms with van der Waals surface area (Å²) in [7, 11) is 0. The molecule has 0 fully saturated rings. The number of aromatic nitrogens is 1. The molecule has 1 aromatic heterocycles. The normalized spacial score (nSPS) is 11.2. The highest BCUT2D eigenvalue weighted by molar-refractivity contribution is 7.80. The smallest absolute Gasteiger partial charge is 0.191 e. The van der Waals surface area contributed by atoms with Crippen molar-refractivity contribution in [2.75, 3.05) is 5.32 Å². The molecular formula is C22H22ClFN4S. The van der Waals surface area contributed by atoms with E-state index in [4.69, 9.17) is 23.8 Å². The second-order valence-electron chi connectivity index (χ2n) is 6.90. The quantitative estimate of drug-likeness (QED) is 0.297. The van der Waals surface area contributed by atoms with Gasteiger partial charge in [-0.15, -0.1) is 0 Å². The van der Waals surface area contributed by atoms with Crippen molar-refractivity contribution in [2.45, 2.75) is 26.3 Å². The van der Waals surface area contributed by atoms with E-state index in [1.54, 1.807) is 12.3 Å². The first-order chi connectivity index (χ1) is 13.9. The van der Waals surface area contributed by atoms with Gasteiger partial charge in [0.1, 0.15) is 5.82 Å². The van der Waals surface area contributed by atoms with Crippen LogP contribution in [-0.2, 0) is 6.54 Å². The van der Waals surface area contributed by atoms with Crippen LogP contribution in [0, 0.1) is 5.82 Å². The molecule has 2 N–H and O–H groups in total. The van der Waals surface area contributed by atoms with Gasteiger partial charge in [0.2, 0.25) is 0 Å². The molecule has 0 bridgehead atoms. The maximum atomic E-state index is 13.2. The van der Waals surface area contributed by atoms with Gasteiger partial charge >= 0.3 is 0 Å². The molecule has 0 spiro atoms. The molecule has 0 unspecified atom stereocenters. The summed E-state index contributed by atoms with van der Waals surface area (Å²) in [6.45, 7) is 4.82. The Morgan fingerprint density at radius 3 is 2.66 bits per heavy atom. The van der Waals surface area contributed by atoms with Gasteiger partial charge in [0.05, 0.1) is 11.9 Å². The molecule has 3 aromatic rings. The van der Waals surface area contributed by atoms with Crippen molar-refractivity contribution in [3.05, 3.63) is 88.5 Å². The zero-order valence-corrected chi connectivity index (χ0v) is 17.8. The Balaban J connectivity index is 1.58. The fourth-order valence-corrected chi connectivity index (χ4v) is 3.19. The minimum Gasteiger partial charge on any atom is -0.342 e. The third-order valence-corrected chi connectivity index (χ3v) is 4.96. The van der Waals surface area contributed by atoms with E-state index in [0.29, 0.717) is 22.6 Å². The largest absolute Gasteiger partial charge is 0.342 e. The van der Waals surface area contributed by atoms with Gasteiger partial charge in [-0.05, 0) is 65.7 Å². The first-order valence-corrected chi connectivity index (χ1v) is 10.00. The molecule has 0 atom stereocenters. The van der Waals surface area contributed by atoms with Crippen LogP contribution in [0.5, 0.6) is 0 Å². The number of rotatable bonds is 6. The second-order valence-corrected chi connectivity index (χ2v) is 7.71. The second kappa shape index (κ2) is 9.67. The van der Waals surface area contributed by atoms with Gasteiger partial charge in [0.15, 0.2) is 5.11 Å². The molecule has 0 saturated carbocycles. The molecule has 0 aliphatic rings. The summed E-state index contributed by atoms with van der Waals surface area (Å²) in [4.78, 5) is 0. The predicted molar refractivity (Wildman–Crippen MR) is 122 cm³/mol. The van der Waals surface area contributed by atoms with Crippen molar-refractivity contribution in [1.29, 1.82) is 0 Å². The zero-order chi connectivity index (χ0) is 20.8. The summed E-state index contributed by atoms with van der Waals surface area (Å²) >= 11 is 11.4. The Bertz CT molecular complexity index is 1010. The number of nitrogens with zero attached hydrogens (tertiary/aromatic N) is 2. The fraction of sp³-hybridized carbons (Fsp3) is 0.182. The van der Waals surface area contributed by atoms with E-state index >= 15 is 0 Å². The average molecular weight is 429 g/mol. The Labute approximate surface area is 180 Å². The van der Waals surface area contributed by atoms with E-state index in [0.717, 1.165) is 16.9 Å².